The lowest BCUT2D eigenvalue weighted by Gasteiger charge is -2.26. The van der Waals surface area contributed by atoms with Crippen LogP contribution in [0.2, 0.25) is 0 Å². The van der Waals surface area contributed by atoms with E-state index in [-0.39, 0.29) is 41.0 Å². The Morgan fingerprint density at radius 3 is 2.50 bits per heavy atom. The number of carbonyl (C=O) groups excluding carboxylic acids is 3. The van der Waals surface area contributed by atoms with Crippen LogP contribution in [0.3, 0.4) is 0 Å². The summed E-state index contributed by atoms with van der Waals surface area (Å²) >= 11 is 0. The third-order valence-electron chi connectivity index (χ3n) is 6.56. The molecule has 4 heterocycles. The highest BCUT2D eigenvalue weighted by Gasteiger charge is 2.51. The molecule has 15 nitrogen and oxygen atoms in total. The third kappa shape index (κ3) is 7.82. The predicted molar refractivity (Wildman–Crippen MR) is 156 cm³/mol. The van der Waals surface area contributed by atoms with Crippen LogP contribution in [0.1, 0.15) is 45.1 Å². The van der Waals surface area contributed by atoms with Crippen molar-refractivity contribution in [2.75, 3.05) is 28.3 Å². The van der Waals surface area contributed by atoms with Crippen molar-refractivity contribution in [2.24, 2.45) is 12.5 Å². The Bertz CT molecular complexity index is 1760. The van der Waals surface area contributed by atoms with Crippen LogP contribution < -0.4 is 15.5 Å². The second-order valence-electron chi connectivity index (χ2n) is 12.0. The molecule has 2 N–H and O–H groups in total. The fourth-order valence-corrected chi connectivity index (χ4v) is 5.12. The summed E-state index contributed by atoms with van der Waals surface area (Å²) in [6.45, 7) is 7.20. The summed E-state index contributed by atoms with van der Waals surface area (Å²) < 4.78 is 81.3. The second kappa shape index (κ2) is 12.0. The lowest BCUT2D eigenvalue weighted by molar-refractivity contribution is -0.184. The van der Waals surface area contributed by atoms with Crippen LogP contribution in [0, 0.1) is 5.41 Å². The quantitative estimate of drug-likeness (QED) is 0.250. The molecule has 0 bridgehead atoms. The number of ether oxygens (including phenoxy) is 1. The predicted octanol–water partition coefficient (Wildman–Crippen LogP) is 3.12. The summed E-state index contributed by atoms with van der Waals surface area (Å²) in [7, 11) is -2.34. The van der Waals surface area contributed by atoms with E-state index in [2.05, 4.69) is 20.4 Å². The number of nitrogens with one attached hydrogen (secondary N) is 2. The number of amides is 2. The zero-order chi connectivity index (χ0) is 34.4. The Kier molecular flexibility index (Phi) is 8.97. The Morgan fingerprint density at radius 1 is 1.22 bits per heavy atom. The van der Waals surface area contributed by atoms with E-state index in [1.165, 1.54) is 56.5 Å². The van der Waals surface area contributed by atoms with Gasteiger partial charge in [0.1, 0.15) is 29.5 Å². The topological polar surface area (TPSA) is 188 Å². The van der Waals surface area contributed by atoms with Gasteiger partial charge in [-0.05, 0) is 46.8 Å². The molecule has 1 fully saturated rings. The molecule has 19 heteroatoms. The van der Waals surface area contributed by atoms with Crippen molar-refractivity contribution < 1.29 is 49.3 Å². The highest BCUT2D eigenvalue weighted by Crippen LogP contribution is 2.39. The molecule has 46 heavy (non-hydrogen) atoms. The number of hydrogen-bond acceptors (Lipinski definition) is 12. The summed E-state index contributed by atoms with van der Waals surface area (Å²) in [5.74, 6) is -3.28. The first-order valence-corrected chi connectivity index (χ1v) is 15.4. The van der Waals surface area contributed by atoms with Gasteiger partial charge in [-0.3, -0.25) is 23.4 Å². The number of aromatic nitrogens is 4. The lowest BCUT2D eigenvalue weighted by atomic mass is 9.89. The van der Waals surface area contributed by atoms with Crippen molar-refractivity contribution in [1.82, 2.24) is 19.7 Å². The van der Waals surface area contributed by atoms with Gasteiger partial charge in [-0.1, -0.05) is 0 Å². The molecule has 2 atom stereocenters. The van der Waals surface area contributed by atoms with Gasteiger partial charge in [0, 0.05) is 18.8 Å². The van der Waals surface area contributed by atoms with Gasteiger partial charge in [0.25, 0.3) is 16.0 Å². The molecule has 0 aliphatic carbocycles. The highest BCUT2D eigenvalue weighted by molar-refractivity contribution is 7.86. The van der Waals surface area contributed by atoms with Crippen molar-refractivity contribution in [3.05, 3.63) is 36.5 Å². The van der Waals surface area contributed by atoms with Crippen LogP contribution in [-0.4, -0.2) is 82.7 Å². The van der Waals surface area contributed by atoms with Gasteiger partial charge in [0.05, 0.1) is 24.4 Å². The number of rotatable bonds is 9. The molecular formula is C27H32F3N7O8S. The van der Waals surface area contributed by atoms with Gasteiger partial charge >= 0.3 is 12.1 Å². The molecule has 4 rings (SSSR count). The van der Waals surface area contributed by atoms with E-state index in [9.17, 15) is 36.0 Å². The monoisotopic (exact) mass is 671 g/mol. The number of esters is 1. The molecule has 1 aliphatic rings. The minimum absolute atomic E-state index is 0.0336. The van der Waals surface area contributed by atoms with Crippen LogP contribution >= 0.6 is 0 Å². The summed E-state index contributed by atoms with van der Waals surface area (Å²) in [4.78, 5) is 47.7. The van der Waals surface area contributed by atoms with Crippen molar-refractivity contribution in [1.29, 1.82) is 0 Å². The fraction of sp³-hybridized carbons (Fsp3) is 0.481. The molecule has 2 amide bonds. The van der Waals surface area contributed by atoms with E-state index in [0.717, 1.165) is 24.8 Å². The number of pyridine rings is 1. The first-order valence-electron chi connectivity index (χ1n) is 13.6. The molecule has 3 aromatic heterocycles. The van der Waals surface area contributed by atoms with Gasteiger partial charge < -0.3 is 19.8 Å². The van der Waals surface area contributed by atoms with Crippen LogP contribution in [0.15, 0.2) is 35.2 Å². The first-order chi connectivity index (χ1) is 21.0. The van der Waals surface area contributed by atoms with Gasteiger partial charge in [0.15, 0.2) is 11.5 Å². The molecule has 250 valence electrons. The van der Waals surface area contributed by atoms with Gasteiger partial charge in [-0.2, -0.15) is 26.7 Å². The van der Waals surface area contributed by atoms with Crippen molar-refractivity contribution in [3.63, 3.8) is 0 Å². The third-order valence-corrected chi connectivity index (χ3v) is 7.14. The molecule has 0 saturated carbocycles. The van der Waals surface area contributed by atoms with Crippen molar-refractivity contribution >= 4 is 45.2 Å². The first kappa shape index (κ1) is 34.4. The molecule has 0 spiro atoms. The smallest absolute Gasteiger partial charge is 0.419 e. The molecule has 0 aromatic carbocycles. The number of oxazole rings is 1. The van der Waals surface area contributed by atoms with Crippen LogP contribution in [0.5, 0.6) is 0 Å². The van der Waals surface area contributed by atoms with E-state index in [0.29, 0.717) is 0 Å². The number of carbonyl (C=O) groups is 3. The molecule has 3 aromatic rings. The largest absolute Gasteiger partial charge is 0.458 e. The molecule has 1 aliphatic heterocycles. The van der Waals surface area contributed by atoms with E-state index in [1.807, 2.05) is 5.32 Å². The summed E-state index contributed by atoms with van der Waals surface area (Å²) in [5, 5.41) is 8.87. The maximum Gasteiger partial charge on any atom is 0.419 e. The number of halogens is 3. The summed E-state index contributed by atoms with van der Waals surface area (Å²) in [6, 6.07) is -0.203. The zero-order valence-corrected chi connectivity index (χ0v) is 26.6. The zero-order valence-electron chi connectivity index (χ0n) is 25.8. The van der Waals surface area contributed by atoms with E-state index in [1.54, 1.807) is 7.05 Å². The van der Waals surface area contributed by atoms with Crippen molar-refractivity contribution in [3.8, 4) is 11.5 Å². The average molecular weight is 672 g/mol. The van der Waals surface area contributed by atoms with Gasteiger partial charge in [-0.25, -0.2) is 14.8 Å². The SMILES string of the molecule is Cn1cc(NC(=O)c2coc(-c3ccnc(NC(C(=O)OC(C)(C)C)C(F)(F)F)c3)n2)c(N2CC(OS(C)(=O)=O)C(C)(C)C2=O)n1. The second-order valence-corrected chi connectivity index (χ2v) is 13.6. The highest BCUT2D eigenvalue weighted by atomic mass is 32.2. The molecule has 1 saturated heterocycles. The average Bonchev–Trinajstić information content (AvgIpc) is 3.58. The number of anilines is 3. The van der Waals surface area contributed by atoms with Crippen LogP contribution in [-0.2, 0) is 35.7 Å². The van der Waals surface area contributed by atoms with E-state index in [4.69, 9.17) is 13.3 Å². The summed E-state index contributed by atoms with van der Waals surface area (Å²) in [6.07, 6.45) is -1.57. The summed E-state index contributed by atoms with van der Waals surface area (Å²) in [5.41, 5.74) is -2.40. The molecular weight excluding hydrogens is 639 g/mol. The Balaban J connectivity index is 1.53. The maximum atomic E-state index is 13.7. The fourth-order valence-electron chi connectivity index (χ4n) is 4.39. The number of alkyl halides is 3. The normalized spacial score (nSPS) is 17.6. The Labute approximate surface area is 261 Å². The van der Waals surface area contributed by atoms with Crippen LogP contribution in [0.4, 0.5) is 30.5 Å². The minimum Gasteiger partial charge on any atom is -0.458 e. The van der Waals surface area contributed by atoms with E-state index < -0.39 is 57.2 Å². The number of nitrogens with zero attached hydrogens (tertiary/aromatic N) is 5. The van der Waals surface area contributed by atoms with Gasteiger partial charge in [0.2, 0.25) is 17.8 Å². The lowest BCUT2D eigenvalue weighted by Crippen LogP contribution is -2.46. The Hall–Kier alpha value is -4.52. The number of aryl methyl sites for hydroxylation is 1. The van der Waals surface area contributed by atoms with Crippen LogP contribution in [0.25, 0.3) is 11.5 Å². The number of hydrogen-bond donors (Lipinski definition) is 2. The Morgan fingerprint density at radius 2 is 1.89 bits per heavy atom. The maximum absolute atomic E-state index is 13.7. The van der Waals surface area contributed by atoms with E-state index >= 15 is 0 Å². The van der Waals surface area contributed by atoms with Crippen molar-refractivity contribution in [2.45, 2.75) is 58.5 Å². The minimum atomic E-state index is -5.00. The standard InChI is InChI=1S/C27H32F3N7O8S/c1-25(2,3)44-23(39)19(27(28,29)30)34-18-10-14(8-9-31-18)22-33-16(13-43-22)21(38)32-15-11-36(6)35-20(15)37-12-17(45-46(7,41)42)26(4,5)24(37)40/h8-11,13,17,19H,12H2,1-7H3,(H,31,34)(H,32,38). The van der Waals surface area contributed by atoms with Gasteiger partial charge in [-0.15, -0.1) is 0 Å². The molecule has 0 radical (unpaired) electrons. The molecule has 2 unspecified atom stereocenters.